The van der Waals surface area contributed by atoms with Crippen LogP contribution in [0.15, 0.2) is 0 Å². The lowest BCUT2D eigenvalue weighted by Gasteiger charge is -2.21. The van der Waals surface area contributed by atoms with Crippen molar-refractivity contribution in [3.8, 4) is 0 Å². The summed E-state index contributed by atoms with van der Waals surface area (Å²) in [7, 11) is -9.88. The van der Waals surface area contributed by atoms with Gasteiger partial charge in [-0.1, -0.05) is 285 Å². The molecular formula is C66H128O17P2. The van der Waals surface area contributed by atoms with Crippen LogP contribution in [-0.2, 0) is 65.4 Å². The number of rotatable bonds is 66. The van der Waals surface area contributed by atoms with E-state index in [9.17, 15) is 43.2 Å². The Bertz CT molecular complexity index is 1650. The number of hydrogen-bond donors (Lipinski definition) is 3. The van der Waals surface area contributed by atoms with E-state index in [-0.39, 0.29) is 25.7 Å². The molecule has 2 unspecified atom stereocenters. The van der Waals surface area contributed by atoms with Crippen molar-refractivity contribution in [1.82, 2.24) is 0 Å². The first kappa shape index (κ1) is 83.1. The molecule has 0 aliphatic carbocycles. The highest BCUT2D eigenvalue weighted by molar-refractivity contribution is 7.47. The lowest BCUT2D eigenvalue weighted by Crippen LogP contribution is -2.30. The molecule has 0 aromatic heterocycles. The molecule has 0 spiro atoms. The topological polar surface area (TPSA) is 237 Å². The predicted molar refractivity (Wildman–Crippen MR) is 340 cm³/mol. The minimum absolute atomic E-state index is 0.103. The van der Waals surface area contributed by atoms with Crippen molar-refractivity contribution in [3.05, 3.63) is 0 Å². The number of carbonyl (C=O) groups is 4. The predicted octanol–water partition coefficient (Wildman–Crippen LogP) is 18.6. The minimum atomic E-state index is -4.95. The molecule has 0 heterocycles. The molecule has 19 heteroatoms. The van der Waals surface area contributed by atoms with Crippen molar-refractivity contribution in [3.63, 3.8) is 0 Å². The summed E-state index contributed by atoms with van der Waals surface area (Å²) in [5.41, 5.74) is 0. The molecule has 17 nitrogen and oxygen atoms in total. The van der Waals surface area contributed by atoms with E-state index in [1.54, 1.807) is 0 Å². The summed E-state index contributed by atoms with van der Waals surface area (Å²) in [5.74, 6) is -1.44. The fraction of sp³-hybridized carbons (Fsp3) is 0.939. The largest absolute Gasteiger partial charge is 0.472 e. The van der Waals surface area contributed by atoms with E-state index < -0.39 is 97.5 Å². The average molecular weight is 1260 g/mol. The first-order valence-corrected chi connectivity index (χ1v) is 37.6. The van der Waals surface area contributed by atoms with E-state index in [0.717, 1.165) is 96.3 Å². The average Bonchev–Trinajstić information content (AvgIpc) is 3.48. The molecule has 5 atom stereocenters. The Morgan fingerprint density at radius 2 is 0.541 bits per heavy atom. The summed E-state index contributed by atoms with van der Waals surface area (Å²) in [4.78, 5) is 72.1. The molecule has 0 radical (unpaired) electrons. The van der Waals surface area contributed by atoms with Crippen LogP contribution in [0.4, 0.5) is 0 Å². The van der Waals surface area contributed by atoms with Gasteiger partial charge in [0.05, 0.1) is 26.4 Å². The Morgan fingerprint density at radius 3 is 0.800 bits per heavy atom. The molecule has 0 aliphatic rings. The second kappa shape index (κ2) is 59.7. The van der Waals surface area contributed by atoms with Gasteiger partial charge in [-0.05, 0) is 31.6 Å². The van der Waals surface area contributed by atoms with E-state index in [1.807, 2.05) is 0 Å². The lowest BCUT2D eigenvalue weighted by molar-refractivity contribution is -0.161. The number of phosphoric ester groups is 2. The van der Waals surface area contributed by atoms with Gasteiger partial charge in [-0.25, -0.2) is 9.13 Å². The van der Waals surface area contributed by atoms with Crippen molar-refractivity contribution >= 4 is 39.5 Å². The van der Waals surface area contributed by atoms with Gasteiger partial charge in [0, 0.05) is 25.7 Å². The Balaban J connectivity index is 5.16. The van der Waals surface area contributed by atoms with Gasteiger partial charge in [0.2, 0.25) is 0 Å². The highest BCUT2D eigenvalue weighted by atomic mass is 31.2. The van der Waals surface area contributed by atoms with Gasteiger partial charge in [-0.3, -0.25) is 37.3 Å². The van der Waals surface area contributed by atoms with Crippen LogP contribution in [-0.4, -0.2) is 96.7 Å². The van der Waals surface area contributed by atoms with Gasteiger partial charge in [0.25, 0.3) is 0 Å². The number of phosphoric acid groups is 2. The monoisotopic (exact) mass is 1250 g/mol. The molecular weight excluding hydrogens is 1130 g/mol. The SMILES string of the molecule is CCCCCCCCCCCCCCCCCCC(=O)O[C@H](COC(=O)CCCCCCCCCCCCCCCC)COP(=O)(O)OC[C@@H](O)COP(=O)(O)OC[C@@H](COC(=O)CCCCCCC)OC(=O)CCCCCCCCCC(C)C. The Hall–Kier alpha value is -1.94. The molecule has 85 heavy (non-hydrogen) atoms. The third-order valence-electron chi connectivity index (χ3n) is 15.3. The van der Waals surface area contributed by atoms with Crippen molar-refractivity contribution < 1.29 is 80.2 Å². The van der Waals surface area contributed by atoms with Crippen LogP contribution in [0.3, 0.4) is 0 Å². The second-order valence-corrected chi connectivity index (χ2v) is 27.2. The number of carbonyl (C=O) groups excluding carboxylic acids is 4. The van der Waals surface area contributed by atoms with E-state index in [2.05, 4.69) is 34.6 Å². The summed E-state index contributed by atoms with van der Waals surface area (Å²) < 4.78 is 67.9. The number of hydrogen-bond acceptors (Lipinski definition) is 15. The number of aliphatic hydroxyl groups is 1. The van der Waals surface area contributed by atoms with Crippen LogP contribution in [0.5, 0.6) is 0 Å². The second-order valence-electron chi connectivity index (χ2n) is 24.3. The highest BCUT2D eigenvalue weighted by Crippen LogP contribution is 2.45. The molecule has 0 amide bonds. The zero-order valence-corrected chi connectivity index (χ0v) is 56.5. The fourth-order valence-electron chi connectivity index (χ4n) is 9.94. The molecule has 0 bridgehead atoms. The maximum absolute atomic E-state index is 13.0. The normalized spacial score (nSPS) is 14.2. The molecule has 0 aromatic rings. The zero-order chi connectivity index (χ0) is 62.8. The van der Waals surface area contributed by atoms with E-state index in [4.69, 9.17) is 37.0 Å². The van der Waals surface area contributed by atoms with Crippen molar-refractivity contribution in [2.45, 2.75) is 355 Å². The number of unbranched alkanes of at least 4 members (excludes halogenated alkanes) is 38. The van der Waals surface area contributed by atoms with Crippen LogP contribution < -0.4 is 0 Å². The maximum Gasteiger partial charge on any atom is 0.472 e. The fourth-order valence-corrected chi connectivity index (χ4v) is 11.5. The van der Waals surface area contributed by atoms with Gasteiger partial charge in [-0.2, -0.15) is 0 Å². The number of aliphatic hydroxyl groups excluding tert-OH is 1. The van der Waals surface area contributed by atoms with Crippen LogP contribution in [0.1, 0.15) is 336 Å². The van der Waals surface area contributed by atoms with Crippen molar-refractivity contribution in [2.75, 3.05) is 39.6 Å². The molecule has 504 valence electrons. The third-order valence-corrected chi connectivity index (χ3v) is 17.2. The van der Waals surface area contributed by atoms with Crippen molar-refractivity contribution in [2.24, 2.45) is 5.92 Å². The van der Waals surface area contributed by atoms with Gasteiger partial charge in [-0.15, -0.1) is 0 Å². The molecule has 0 aliphatic heterocycles. The number of esters is 4. The van der Waals surface area contributed by atoms with Gasteiger partial charge in [0.15, 0.2) is 12.2 Å². The number of ether oxygens (including phenoxy) is 4. The smallest absolute Gasteiger partial charge is 0.462 e. The molecule has 0 saturated heterocycles. The molecule has 0 aromatic carbocycles. The first-order chi connectivity index (χ1) is 41.0. The summed E-state index contributed by atoms with van der Waals surface area (Å²) in [5, 5.41) is 10.5. The minimum Gasteiger partial charge on any atom is -0.462 e. The van der Waals surface area contributed by atoms with E-state index in [1.165, 1.54) is 154 Å². The quantitative estimate of drug-likeness (QED) is 0.0222. The first-order valence-electron chi connectivity index (χ1n) is 34.6. The van der Waals surface area contributed by atoms with Crippen LogP contribution >= 0.6 is 15.6 Å². The molecule has 0 fully saturated rings. The summed E-state index contributed by atoms with van der Waals surface area (Å²) >= 11 is 0. The van der Waals surface area contributed by atoms with Gasteiger partial charge in [0.1, 0.15) is 19.3 Å². The third kappa shape index (κ3) is 60.7. The Labute approximate surface area is 517 Å². The Kier molecular flexibility index (Phi) is 58.3. The van der Waals surface area contributed by atoms with Gasteiger partial charge >= 0.3 is 39.5 Å². The highest BCUT2D eigenvalue weighted by Gasteiger charge is 2.30. The molecule has 0 rings (SSSR count). The molecule has 0 saturated carbocycles. The van der Waals surface area contributed by atoms with E-state index in [0.29, 0.717) is 31.6 Å². The molecule has 3 N–H and O–H groups in total. The summed E-state index contributed by atoms with van der Waals surface area (Å²) in [6.45, 7) is 7.07. The van der Waals surface area contributed by atoms with E-state index >= 15 is 0 Å². The van der Waals surface area contributed by atoms with Crippen LogP contribution in [0, 0.1) is 5.92 Å². The summed E-state index contributed by atoms with van der Waals surface area (Å²) in [6, 6.07) is 0. The summed E-state index contributed by atoms with van der Waals surface area (Å²) in [6.07, 6.45) is 44.9. The van der Waals surface area contributed by atoms with Crippen molar-refractivity contribution in [1.29, 1.82) is 0 Å². The van der Waals surface area contributed by atoms with Crippen LogP contribution in [0.25, 0.3) is 0 Å². The zero-order valence-electron chi connectivity index (χ0n) is 54.7. The maximum atomic E-state index is 13.0. The standard InChI is InChI=1S/C66H128O17P2/c1-6-9-12-15-17-19-21-23-25-26-28-30-32-36-41-46-51-65(70)83-62(56-77-64(69)50-45-40-35-31-29-27-24-22-20-18-16-13-10-7-2)58-81-85(74,75)79-54-60(67)53-78-84(72,73)80-57-61(55-76-63(68)49-44-38-14-11-8-3)82-66(71)52-47-42-37-33-34-39-43-48-59(4)5/h59-62,67H,6-58H2,1-5H3,(H,72,73)(H,74,75)/t60-,61+,62+/m0/s1. The van der Waals surface area contributed by atoms with Crippen LogP contribution in [0.2, 0.25) is 0 Å². The van der Waals surface area contributed by atoms with Gasteiger partial charge < -0.3 is 33.8 Å². The Morgan fingerprint density at radius 1 is 0.318 bits per heavy atom. The lowest BCUT2D eigenvalue weighted by atomic mass is 10.0.